The van der Waals surface area contributed by atoms with E-state index in [4.69, 9.17) is 4.74 Å². The van der Waals surface area contributed by atoms with Crippen LogP contribution in [-0.4, -0.2) is 34.9 Å². The first-order valence-electron chi connectivity index (χ1n) is 10.3. The third-order valence-electron chi connectivity index (χ3n) is 5.31. The van der Waals surface area contributed by atoms with Gasteiger partial charge in [-0.05, 0) is 68.1 Å². The molecular formula is C25H27FN2O3. The van der Waals surface area contributed by atoms with Crippen LogP contribution in [0.15, 0.2) is 54.6 Å². The largest absolute Gasteiger partial charge is 0.461 e. The fourth-order valence-electron chi connectivity index (χ4n) is 3.56. The molecule has 0 saturated carbocycles. The quantitative estimate of drug-likeness (QED) is 0.529. The minimum atomic E-state index is -0.407. The van der Waals surface area contributed by atoms with Crippen LogP contribution < -0.4 is 0 Å². The summed E-state index contributed by atoms with van der Waals surface area (Å²) >= 11 is 0. The van der Waals surface area contributed by atoms with E-state index in [9.17, 15) is 14.0 Å². The monoisotopic (exact) mass is 422 g/mol. The Balaban J connectivity index is 1.88. The average Bonchev–Trinajstić information content (AvgIpc) is 3.05. The second kappa shape index (κ2) is 10.1. The zero-order valence-electron chi connectivity index (χ0n) is 18.1. The summed E-state index contributed by atoms with van der Waals surface area (Å²) in [6, 6.07) is 15.5. The molecule has 0 atom stereocenters. The topological polar surface area (TPSA) is 62.4 Å². The Morgan fingerprint density at radius 3 is 2.35 bits per heavy atom. The molecule has 3 aromatic rings. The number of nitrogens with one attached hydrogen (secondary N) is 1. The molecular weight excluding hydrogens is 395 g/mol. The number of esters is 1. The molecule has 5 nitrogen and oxygen atoms in total. The second-order valence-corrected chi connectivity index (χ2v) is 7.42. The Kier molecular flexibility index (Phi) is 7.23. The van der Waals surface area contributed by atoms with Crippen molar-refractivity contribution >= 4 is 11.9 Å². The molecule has 0 saturated heterocycles. The first-order valence-corrected chi connectivity index (χ1v) is 10.3. The highest BCUT2D eigenvalue weighted by Gasteiger charge is 2.23. The smallest absolute Gasteiger partial charge is 0.355 e. The lowest BCUT2D eigenvalue weighted by atomic mass is 10.1. The number of rotatable bonds is 8. The molecule has 1 heterocycles. The van der Waals surface area contributed by atoms with E-state index in [-0.39, 0.29) is 18.3 Å². The molecule has 0 bridgehead atoms. The van der Waals surface area contributed by atoms with Gasteiger partial charge in [0, 0.05) is 24.3 Å². The lowest BCUT2D eigenvalue weighted by Gasteiger charge is -2.24. The van der Waals surface area contributed by atoms with E-state index in [0.717, 1.165) is 22.4 Å². The van der Waals surface area contributed by atoms with Crippen LogP contribution in [0.3, 0.4) is 0 Å². The number of nitrogens with zero attached hydrogens (tertiary/aromatic N) is 1. The number of aromatic amines is 1. The maximum atomic E-state index is 13.3. The molecule has 1 amide bonds. The maximum absolute atomic E-state index is 13.3. The zero-order valence-corrected chi connectivity index (χ0v) is 18.1. The van der Waals surface area contributed by atoms with E-state index in [1.165, 1.54) is 24.3 Å². The van der Waals surface area contributed by atoms with Crippen LogP contribution in [0.4, 0.5) is 4.39 Å². The molecule has 31 heavy (non-hydrogen) atoms. The number of aromatic nitrogens is 1. The highest BCUT2D eigenvalue weighted by molar-refractivity contribution is 5.94. The van der Waals surface area contributed by atoms with Crippen molar-refractivity contribution in [3.8, 4) is 0 Å². The van der Waals surface area contributed by atoms with Crippen LogP contribution in [0, 0.1) is 19.7 Å². The van der Waals surface area contributed by atoms with Crippen LogP contribution in [0.5, 0.6) is 0 Å². The summed E-state index contributed by atoms with van der Waals surface area (Å²) in [4.78, 5) is 30.3. The number of hydrogen-bond acceptors (Lipinski definition) is 3. The van der Waals surface area contributed by atoms with Crippen LogP contribution in [0.1, 0.15) is 50.2 Å². The molecule has 0 radical (unpaired) electrons. The minimum absolute atomic E-state index is 0.186. The van der Waals surface area contributed by atoms with E-state index in [1.807, 2.05) is 44.2 Å². The molecule has 0 spiro atoms. The molecule has 3 rings (SSSR count). The average molecular weight is 423 g/mol. The Hall–Kier alpha value is -3.41. The fraction of sp³-hybridized carbons (Fsp3) is 0.280. The van der Waals surface area contributed by atoms with Gasteiger partial charge in [0.1, 0.15) is 11.5 Å². The normalized spacial score (nSPS) is 10.7. The van der Waals surface area contributed by atoms with Crippen LogP contribution in [0.2, 0.25) is 0 Å². The van der Waals surface area contributed by atoms with Crippen molar-refractivity contribution in [3.05, 3.63) is 94.1 Å². The van der Waals surface area contributed by atoms with Crippen molar-refractivity contribution in [3.63, 3.8) is 0 Å². The number of aryl methyl sites for hydroxylation is 1. The summed E-state index contributed by atoms with van der Waals surface area (Å²) in [6.07, 6.45) is 0.682. The van der Waals surface area contributed by atoms with Gasteiger partial charge in [0.25, 0.3) is 5.91 Å². The van der Waals surface area contributed by atoms with Crippen molar-refractivity contribution in [2.75, 3.05) is 13.2 Å². The molecule has 2 aromatic carbocycles. The highest BCUT2D eigenvalue weighted by Crippen LogP contribution is 2.22. The summed E-state index contributed by atoms with van der Waals surface area (Å²) in [5.74, 6) is -0.979. The predicted molar refractivity (Wildman–Crippen MR) is 118 cm³/mol. The first kappa shape index (κ1) is 22.3. The second-order valence-electron chi connectivity index (χ2n) is 7.42. The summed E-state index contributed by atoms with van der Waals surface area (Å²) in [6.45, 7) is 6.59. The van der Waals surface area contributed by atoms with Gasteiger partial charge >= 0.3 is 5.97 Å². The van der Waals surface area contributed by atoms with Gasteiger partial charge in [0.05, 0.1) is 6.61 Å². The third kappa shape index (κ3) is 5.40. The lowest BCUT2D eigenvalue weighted by Crippen LogP contribution is -2.33. The first-order chi connectivity index (χ1) is 14.9. The van der Waals surface area contributed by atoms with Gasteiger partial charge in [0.2, 0.25) is 0 Å². The van der Waals surface area contributed by atoms with E-state index in [0.29, 0.717) is 30.8 Å². The Labute approximate surface area is 181 Å². The number of halogens is 1. The molecule has 0 aliphatic heterocycles. The summed E-state index contributed by atoms with van der Waals surface area (Å²) < 4.78 is 18.5. The van der Waals surface area contributed by atoms with Crippen LogP contribution in [0.25, 0.3) is 0 Å². The van der Waals surface area contributed by atoms with Crippen LogP contribution in [-0.2, 0) is 17.7 Å². The van der Waals surface area contributed by atoms with Gasteiger partial charge in [-0.2, -0.15) is 0 Å². The number of carbonyl (C=O) groups is 2. The van der Waals surface area contributed by atoms with Crippen LogP contribution >= 0.6 is 0 Å². The summed E-state index contributed by atoms with van der Waals surface area (Å²) in [5.41, 5.74) is 4.42. The predicted octanol–water partition coefficient (Wildman–Crippen LogP) is 4.83. The fourth-order valence-corrected chi connectivity index (χ4v) is 3.56. The molecule has 6 heteroatoms. The number of amides is 1. The number of hydrogen-bond donors (Lipinski definition) is 1. The number of carbonyl (C=O) groups excluding carboxylic acids is 2. The highest BCUT2D eigenvalue weighted by atomic mass is 19.1. The minimum Gasteiger partial charge on any atom is -0.461 e. The molecule has 0 unspecified atom stereocenters. The van der Waals surface area contributed by atoms with E-state index >= 15 is 0 Å². The number of benzene rings is 2. The van der Waals surface area contributed by atoms with Crippen molar-refractivity contribution in [1.29, 1.82) is 0 Å². The van der Waals surface area contributed by atoms with Gasteiger partial charge in [-0.3, -0.25) is 4.79 Å². The molecule has 0 aliphatic carbocycles. The number of ether oxygens (including phenoxy) is 1. The van der Waals surface area contributed by atoms with Crippen molar-refractivity contribution in [1.82, 2.24) is 9.88 Å². The third-order valence-corrected chi connectivity index (χ3v) is 5.31. The van der Waals surface area contributed by atoms with Crippen molar-refractivity contribution in [2.24, 2.45) is 0 Å². The molecule has 1 aromatic heterocycles. The van der Waals surface area contributed by atoms with Gasteiger partial charge < -0.3 is 14.6 Å². The molecule has 1 N–H and O–H groups in total. The lowest BCUT2D eigenvalue weighted by molar-refractivity contribution is 0.0519. The van der Waals surface area contributed by atoms with Gasteiger partial charge in [-0.1, -0.05) is 30.3 Å². The van der Waals surface area contributed by atoms with Crippen molar-refractivity contribution < 1.29 is 18.7 Å². The molecule has 0 fully saturated rings. The standard InChI is InChI=1S/C25H27FN2O3/c1-4-31-25(30)23-17(2)22(18(3)27-23)16-28(15-14-19-8-6-5-7-9-19)24(29)20-10-12-21(26)13-11-20/h5-13,27H,4,14-16H2,1-3H3. The summed E-state index contributed by atoms with van der Waals surface area (Å²) in [5, 5.41) is 0. The SMILES string of the molecule is CCOC(=O)c1[nH]c(C)c(CN(CCc2ccccc2)C(=O)c2ccc(F)cc2)c1C. The Morgan fingerprint density at radius 1 is 1.03 bits per heavy atom. The Bertz CT molecular complexity index is 1040. The Morgan fingerprint density at radius 2 is 1.71 bits per heavy atom. The van der Waals surface area contributed by atoms with Crippen molar-refractivity contribution in [2.45, 2.75) is 33.7 Å². The molecule has 0 aliphatic rings. The van der Waals surface area contributed by atoms with Gasteiger partial charge in [-0.25, -0.2) is 9.18 Å². The number of H-pyrrole nitrogens is 1. The summed E-state index contributed by atoms with van der Waals surface area (Å²) in [7, 11) is 0. The molecule has 162 valence electrons. The van der Waals surface area contributed by atoms with Gasteiger partial charge in [-0.15, -0.1) is 0 Å². The van der Waals surface area contributed by atoms with E-state index in [1.54, 1.807) is 11.8 Å². The van der Waals surface area contributed by atoms with E-state index < -0.39 is 5.97 Å². The maximum Gasteiger partial charge on any atom is 0.355 e. The zero-order chi connectivity index (χ0) is 22.4. The van der Waals surface area contributed by atoms with E-state index in [2.05, 4.69) is 4.98 Å². The van der Waals surface area contributed by atoms with Gasteiger partial charge in [0.15, 0.2) is 0 Å².